The van der Waals surface area contributed by atoms with Gasteiger partial charge in [-0.05, 0) is 20.8 Å². The van der Waals surface area contributed by atoms with Gasteiger partial charge >= 0.3 is 0 Å². The Bertz CT molecular complexity index is 1190. The number of amides is 1. The molecule has 0 saturated heterocycles. The third-order valence-electron chi connectivity index (χ3n) is 4.82. The summed E-state index contributed by atoms with van der Waals surface area (Å²) in [7, 11) is 0. The molecule has 1 unspecified atom stereocenters. The van der Waals surface area contributed by atoms with Crippen molar-refractivity contribution in [1.29, 1.82) is 0 Å². The molecular formula is C24H24N6OS. The maximum absolute atomic E-state index is 12.8. The van der Waals surface area contributed by atoms with Crippen LogP contribution < -0.4 is 5.32 Å². The molecule has 2 aromatic carbocycles. The zero-order valence-corrected chi connectivity index (χ0v) is 19.0. The van der Waals surface area contributed by atoms with Crippen molar-refractivity contribution in [3.05, 3.63) is 72.9 Å². The Balaban J connectivity index is 1.59. The highest BCUT2D eigenvalue weighted by molar-refractivity contribution is 8.00. The molecule has 0 saturated carbocycles. The van der Waals surface area contributed by atoms with Gasteiger partial charge in [-0.2, -0.15) is 5.10 Å². The van der Waals surface area contributed by atoms with Crippen molar-refractivity contribution < 1.29 is 4.79 Å². The molecule has 1 N–H and O–H groups in total. The van der Waals surface area contributed by atoms with Crippen LogP contribution in [0.2, 0.25) is 0 Å². The van der Waals surface area contributed by atoms with Gasteiger partial charge in [0.2, 0.25) is 11.1 Å². The number of nitrogens with zero attached hydrogens (tertiary/aromatic N) is 5. The quantitative estimate of drug-likeness (QED) is 0.399. The predicted molar refractivity (Wildman–Crippen MR) is 127 cm³/mol. The first-order valence-corrected chi connectivity index (χ1v) is 11.3. The minimum absolute atomic E-state index is 0.144. The Labute approximate surface area is 191 Å². The van der Waals surface area contributed by atoms with Crippen molar-refractivity contribution >= 4 is 23.5 Å². The van der Waals surface area contributed by atoms with Gasteiger partial charge in [-0.1, -0.05) is 72.4 Å². The fourth-order valence-corrected chi connectivity index (χ4v) is 3.93. The van der Waals surface area contributed by atoms with Crippen LogP contribution in [-0.2, 0) is 4.79 Å². The molecule has 0 aliphatic rings. The van der Waals surface area contributed by atoms with Gasteiger partial charge in [0.1, 0.15) is 17.2 Å². The van der Waals surface area contributed by atoms with Crippen molar-refractivity contribution in [2.75, 3.05) is 5.32 Å². The zero-order valence-electron chi connectivity index (χ0n) is 18.1. The van der Waals surface area contributed by atoms with E-state index < -0.39 is 5.25 Å². The normalized spacial score (nSPS) is 12.0. The largest absolute Gasteiger partial charge is 0.310 e. The van der Waals surface area contributed by atoms with E-state index in [4.69, 9.17) is 4.98 Å². The van der Waals surface area contributed by atoms with Crippen molar-refractivity contribution in [3.8, 4) is 22.5 Å². The van der Waals surface area contributed by atoms with Crippen molar-refractivity contribution in [3.63, 3.8) is 0 Å². The molecule has 0 spiro atoms. The number of nitrogens with one attached hydrogen (secondary N) is 1. The molecule has 0 bridgehead atoms. The molecule has 2 aromatic heterocycles. The van der Waals surface area contributed by atoms with E-state index in [0.717, 1.165) is 16.8 Å². The molecule has 4 aromatic rings. The van der Waals surface area contributed by atoms with Crippen LogP contribution in [0.25, 0.3) is 22.5 Å². The van der Waals surface area contributed by atoms with Crippen LogP contribution >= 0.6 is 11.8 Å². The fraction of sp³-hybridized carbons (Fsp3) is 0.208. The summed E-state index contributed by atoms with van der Waals surface area (Å²) in [6, 6.07) is 21.7. The second-order valence-electron chi connectivity index (χ2n) is 7.53. The number of aromatic nitrogens is 5. The number of thioether (sulfide) groups is 1. The maximum atomic E-state index is 12.8. The lowest BCUT2D eigenvalue weighted by Crippen LogP contribution is -2.24. The fourth-order valence-electron chi connectivity index (χ4n) is 3.21. The van der Waals surface area contributed by atoms with Gasteiger partial charge in [0.15, 0.2) is 0 Å². The van der Waals surface area contributed by atoms with Crippen molar-refractivity contribution in [1.82, 2.24) is 25.0 Å². The molecule has 8 heteroatoms. The molecule has 1 amide bonds. The molecule has 7 nitrogen and oxygen atoms in total. The van der Waals surface area contributed by atoms with Crippen LogP contribution in [0.5, 0.6) is 0 Å². The van der Waals surface area contributed by atoms with Crippen molar-refractivity contribution in [2.45, 2.75) is 37.2 Å². The summed E-state index contributed by atoms with van der Waals surface area (Å²) >= 11 is 1.27. The van der Waals surface area contributed by atoms with Gasteiger partial charge < -0.3 is 5.32 Å². The van der Waals surface area contributed by atoms with Gasteiger partial charge in [0.25, 0.3) is 0 Å². The highest BCUT2D eigenvalue weighted by Crippen LogP contribution is 2.30. The highest BCUT2D eigenvalue weighted by Gasteiger charge is 2.20. The Hall–Kier alpha value is -3.52. The zero-order chi connectivity index (χ0) is 22.5. The van der Waals surface area contributed by atoms with Gasteiger partial charge in [-0.25, -0.2) is 9.67 Å². The summed E-state index contributed by atoms with van der Waals surface area (Å²) in [5.41, 5.74) is 3.33. The summed E-state index contributed by atoms with van der Waals surface area (Å²) in [6.45, 7) is 5.85. The summed E-state index contributed by atoms with van der Waals surface area (Å²) in [6.07, 6.45) is 1.68. The van der Waals surface area contributed by atoms with E-state index in [0.29, 0.717) is 16.7 Å². The SMILES string of the molecule is CC(Sc1nnc(-c2ccccc2)c(-c2ccccc2)n1)C(=O)Nc1ccnn1C(C)C. The van der Waals surface area contributed by atoms with Gasteiger partial charge in [0, 0.05) is 23.2 Å². The average Bonchev–Trinajstić information content (AvgIpc) is 3.28. The molecule has 0 fully saturated rings. The van der Waals surface area contributed by atoms with Crippen LogP contribution in [0, 0.1) is 0 Å². The van der Waals surface area contributed by atoms with E-state index in [9.17, 15) is 4.79 Å². The van der Waals surface area contributed by atoms with Crippen LogP contribution in [0.15, 0.2) is 78.1 Å². The third kappa shape index (κ3) is 4.86. The summed E-state index contributed by atoms with van der Waals surface area (Å²) < 4.78 is 1.77. The minimum Gasteiger partial charge on any atom is -0.310 e. The topological polar surface area (TPSA) is 85.6 Å². The standard InChI is InChI=1S/C24H24N6OS/c1-16(2)30-20(14-15-25-30)26-23(31)17(3)32-24-27-21(18-10-6-4-7-11-18)22(28-29-24)19-12-8-5-9-13-19/h4-17H,1-3H3,(H,26,31). The van der Waals surface area contributed by atoms with E-state index in [2.05, 4.69) is 20.6 Å². The summed E-state index contributed by atoms with van der Waals surface area (Å²) in [5.74, 6) is 0.523. The number of rotatable bonds is 7. The van der Waals surface area contributed by atoms with Gasteiger partial charge in [0.05, 0.1) is 11.4 Å². The molecule has 0 aliphatic heterocycles. The molecule has 32 heavy (non-hydrogen) atoms. The number of carbonyl (C=O) groups is 1. The van der Waals surface area contributed by atoms with E-state index in [1.54, 1.807) is 16.9 Å². The molecule has 162 valence electrons. The smallest absolute Gasteiger partial charge is 0.238 e. The number of benzene rings is 2. The van der Waals surface area contributed by atoms with Crippen LogP contribution in [0.1, 0.15) is 26.8 Å². The van der Waals surface area contributed by atoms with Crippen LogP contribution in [-0.4, -0.2) is 36.1 Å². The molecule has 0 radical (unpaired) electrons. The second-order valence-corrected chi connectivity index (χ2v) is 8.84. The Morgan fingerprint density at radius 1 is 0.875 bits per heavy atom. The summed E-state index contributed by atoms with van der Waals surface area (Å²) in [4.78, 5) is 17.6. The number of carbonyl (C=O) groups excluding carboxylic acids is 1. The minimum atomic E-state index is -0.418. The first-order chi connectivity index (χ1) is 15.5. The van der Waals surface area contributed by atoms with E-state index in [-0.39, 0.29) is 11.9 Å². The Morgan fingerprint density at radius 2 is 1.50 bits per heavy atom. The molecule has 1 atom stereocenters. The van der Waals surface area contributed by atoms with Crippen molar-refractivity contribution in [2.24, 2.45) is 0 Å². The lowest BCUT2D eigenvalue weighted by molar-refractivity contribution is -0.115. The first kappa shape index (κ1) is 21.7. The van der Waals surface area contributed by atoms with E-state index >= 15 is 0 Å². The molecule has 4 rings (SSSR count). The monoisotopic (exact) mass is 444 g/mol. The number of anilines is 1. The second kappa shape index (κ2) is 9.74. The Kier molecular flexibility index (Phi) is 6.61. The van der Waals surface area contributed by atoms with Gasteiger partial charge in [-0.3, -0.25) is 4.79 Å². The highest BCUT2D eigenvalue weighted by atomic mass is 32.2. The molecular weight excluding hydrogens is 420 g/mol. The molecule has 0 aliphatic carbocycles. The third-order valence-corrected chi connectivity index (χ3v) is 5.78. The number of hydrogen-bond acceptors (Lipinski definition) is 6. The lowest BCUT2D eigenvalue weighted by Gasteiger charge is -2.15. The maximum Gasteiger partial charge on any atom is 0.238 e. The Morgan fingerprint density at radius 3 is 2.12 bits per heavy atom. The van der Waals surface area contributed by atoms with E-state index in [1.165, 1.54) is 11.8 Å². The van der Waals surface area contributed by atoms with Crippen LogP contribution in [0.4, 0.5) is 5.82 Å². The summed E-state index contributed by atoms with van der Waals surface area (Å²) in [5, 5.41) is 16.0. The predicted octanol–water partition coefficient (Wildman–Crippen LogP) is 5.10. The number of hydrogen-bond donors (Lipinski definition) is 1. The van der Waals surface area contributed by atoms with E-state index in [1.807, 2.05) is 81.4 Å². The molecule has 2 heterocycles. The average molecular weight is 445 g/mol. The van der Waals surface area contributed by atoms with Gasteiger partial charge in [-0.15, -0.1) is 10.2 Å². The first-order valence-electron chi connectivity index (χ1n) is 10.4. The van der Waals surface area contributed by atoms with Crippen LogP contribution in [0.3, 0.4) is 0 Å². The lowest BCUT2D eigenvalue weighted by atomic mass is 10.0.